The van der Waals surface area contributed by atoms with Gasteiger partial charge in [-0.1, -0.05) is 39.8 Å². The lowest BCUT2D eigenvalue weighted by molar-refractivity contribution is -0.189. The van der Waals surface area contributed by atoms with Gasteiger partial charge in [0.25, 0.3) is 0 Å². The summed E-state index contributed by atoms with van der Waals surface area (Å²) < 4.78 is 6.29. The van der Waals surface area contributed by atoms with E-state index >= 15 is 0 Å². The van der Waals surface area contributed by atoms with Gasteiger partial charge in [-0.3, -0.25) is 4.79 Å². The van der Waals surface area contributed by atoms with Gasteiger partial charge in [-0.15, -0.1) is 0 Å². The Balaban J connectivity index is 1.94. The summed E-state index contributed by atoms with van der Waals surface area (Å²) >= 11 is 0. The van der Waals surface area contributed by atoms with Crippen LogP contribution in [0.25, 0.3) is 0 Å². The van der Waals surface area contributed by atoms with Crippen LogP contribution in [0.5, 0.6) is 0 Å². The van der Waals surface area contributed by atoms with Gasteiger partial charge in [-0.2, -0.15) is 0 Å². The molecular weight excluding hydrogens is 328 g/mol. The normalized spacial score (nSPS) is 44.8. The summed E-state index contributed by atoms with van der Waals surface area (Å²) in [5.74, 6) is 0.0651. The Morgan fingerprint density at radius 1 is 1.08 bits per heavy atom. The third-order valence-corrected chi connectivity index (χ3v) is 7.50. The summed E-state index contributed by atoms with van der Waals surface area (Å²) in [5, 5.41) is 22.2. The molecule has 0 spiro atoms. The molecular formula is C22H36O4. The molecule has 0 aromatic rings. The number of aliphatic hydroxyl groups is 2. The molecule has 3 aliphatic rings. The lowest BCUT2D eigenvalue weighted by Gasteiger charge is -2.46. The molecule has 6 atom stereocenters. The van der Waals surface area contributed by atoms with Crippen LogP contribution in [0.15, 0.2) is 12.2 Å². The lowest BCUT2D eigenvalue weighted by atomic mass is 9.67. The first-order valence-electron chi connectivity index (χ1n) is 10.1. The van der Waals surface area contributed by atoms with Crippen molar-refractivity contribution in [3.05, 3.63) is 12.2 Å². The first-order chi connectivity index (χ1) is 11.8. The second kappa shape index (κ2) is 5.81. The fraction of sp³-hybridized carbons (Fsp3) is 0.864. The van der Waals surface area contributed by atoms with Crippen molar-refractivity contribution in [2.24, 2.45) is 22.7 Å². The maximum Gasteiger partial charge on any atom is 0.316 e. The molecule has 148 valence electrons. The molecule has 26 heavy (non-hydrogen) atoms. The van der Waals surface area contributed by atoms with E-state index in [4.69, 9.17) is 4.74 Å². The molecule has 3 rings (SSSR count). The van der Waals surface area contributed by atoms with Crippen molar-refractivity contribution in [1.82, 2.24) is 0 Å². The van der Waals surface area contributed by atoms with Crippen LogP contribution in [0.1, 0.15) is 80.1 Å². The fourth-order valence-electron chi connectivity index (χ4n) is 6.04. The van der Waals surface area contributed by atoms with Gasteiger partial charge in [0, 0.05) is 12.8 Å². The van der Waals surface area contributed by atoms with Crippen molar-refractivity contribution >= 4 is 5.97 Å². The molecule has 0 aliphatic heterocycles. The van der Waals surface area contributed by atoms with Gasteiger partial charge in [-0.25, -0.2) is 0 Å². The Kier molecular flexibility index (Phi) is 4.44. The molecule has 0 aromatic heterocycles. The average molecular weight is 365 g/mol. The second-order valence-corrected chi connectivity index (χ2v) is 10.8. The third-order valence-electron chi connectivity index (χ3n) is 7.50. The Hall–Kier alpha value is -0.870. The monoisotopic (exact) mass is 364 g/mol. The Labute approximate surface area is 158 Å². The first kappa shape index (κ1) is 19.9. The first-order valence-corrected chi connectivity index (χ1v) is 10.1. The summed E-state index contributed by atoms with van der Waals surface area (Å²) in [6.07, 6.45) is 7.41. The van der Waals surface area contributed by atoms with Crippen LogP contribution in [0.2, 0.25) is 0 Å². The molecule has 0 amide bonds. The van der Waals surface area contributed by atoms with Crippen molar-refractivity contribution in [2.75, 3.05) is 0 Å². The number of rotatable bonds is 3. The summed E-state index contributed by atoms with van der Waals surface area (Å²) in [4.78, 5) is 13.4. The lowest BCUT2D eigenvalue weighted by Crippen LogP contribution is -2.51. The van der Waals surface area contributed by atoms with Crippen LogP contribution >= 0.6 is 0 Å². The largest absolute Gasteiger partial charge is 0.458 e. The summed E-state index contributed by atoms with van der Waals surface area (Å²) in [6.45, 7) is 12.2. The second-order valence-electron chi connectivity index (χ2n) is 10.8. The van der Waals surface area contributed by atoms with Crippen LogP contribution in [0.3, 0.4) is 0 Å². The minimum Gasteiger partial charge on any atom is -0.458 e. The predicted molar refractivity (Wildman–Crippen MR) is 101 cm³/mol. The number of ether oxygens (including phenoxy) is 1. The zero-order chi connectivity index (χ0) is 19.6. The highest BCUT2D eigenvalue weighted by Gasteiger charge is 2.65. The van der Waals surface area contributed by atoms with Gasteiger partial charge in [0.2, 0.25) is 0 Å². The van der Waals surface area contributed by atoms with Gasteiger partial charge in [-0.05, 0) is 56.8 Å². The Morgan fingerprint density at radius 3 is 2.31 bits per heavy atom. The molecule has 3 saturated carbocycles. The fourth-order valence-corrected chi connectivity index (χ4v) is 6.04. The van der Waals surface area contributed by atoms with Crippen molar-refractivity contribution < 1.29 is 19.7 Å². The van der Waals surface area contributed by atoms with Crippen molar-refractivity contribution in [3.8, 4) is 0 Å². The standard InChI is InChI=1S/C22H36O4/c1-7-8-19(6,18(3,4)5)17(23)26-21-9-15(2)10-22(25)14-20(24,13-21)11-16(22)12-21/h7-8,15-16,24-25H,9-14H2,1-6H3/b8-7-. The number of hydrogen-bond acceptors (Lipinski definition) is 4. The highest BCUT2D eigenvalue weighted by molar-refractivity contribution is 5.80. The Morgan fingerprint density at radius 2 is 1.73 bits per heavy atom. The van der Waals surface area contributed by atoms with Crippen LogP contribution in [-0.2, 0) is 9.53 Å². The number of allylic oxidation sites excluding steroid dienone is 1. The smallest absolute Gasteiger partial charge is 0.316 e. The minimum absolute atomic E-state index is 0.0154. The van der Waals surface area contributed by atoms with E-state index in [1.54, 1.807) is 0 Å². The average Bonchev–Trinajstić information content (AvgIpc) is 2.56. The number of carbonyl (C=O) groups excluding carboxylic acids is 1. The topological polar surface area (TPSA) is 66.8 Å². The van der Waals surface area contributed by atoms with Gasteiger partial charge in [0.05, 0.1) is 16.6 Å². The molecule has 4 nitrogen and oxygen atoms in total. The van der Waals surface area contributed by atoms with Crippen LogP contribution < -0.4 is 0 Å². The molecule has 0 radical (unpaired) electrons. The molecule has 4 heteroatoms. The summed E-state index contributed by atoms with van der Waals surface area (Å²) in [5.41, 5.74) is -3.40. The zero-order valence-corrected chi connectivity index (χ0v) is 17.3. The maximum absolute atomic E-state index is 13.4. The maximum atomic E-state index is 13.4. The van der Waals surface area contributed by atoms with E-state index in [1.807, 2.05) is 26.0 Å². The molecule has 3 aliphatic carbocycles. The molecule has 6 unspecified atom stereocenters. The quantitative estimate of drug-likeness (QED) is 0.587. The summed E-state index contributed by atoms with van der Waals surface area (Å²) in [6, 6.07) is 0. The Bertz CT molecular complexity index is 620. The van der Waals surface area contributed by atoms with E-state index in [1.165, 1.54) is 0 Å². The van der Waals surface area contributed by atoms with E-state index in [0.29, 0.717) is 32.1 Å². The van der Waals surface area contributed by atoms with Gasteiger partial charge in [0.15, 0.2) is 0 Å². The van der Waals surface area contributed by atoms with Crippen LogP contribution in [-0.4, -0.2) is 33.0 Å². The van der Waals surface area contributed by atoms with Gasteiger partial charge < -0.3 is 14.9 Å². The molecule has 3 fully saturated rings. The number of hydrogen-bond donors (Lipinski definition) is 2. The predicted octanol–water partition coefficient (Wildman–Crippen LogP) is 3.99. The van der Waals surface area contributed by atoms with Crippen molar-refractivity contribution in [2.45, 2.75) is 96.9 Å². The highest BCUT2D eigenvalue weighted by Crippen LogP contribution is 2.61. The molecule has 0 heterocycles. The van der Waals surface area contributed by atoms with E-state index in [2.05, 4.69) is 27.7 Å². The van der Waals surface area contributed by atoms with Crippen molar-refractivity contribution in [1.29, 1.82) is 0 Å². The summed E-state index contributed by atoms with van der Waals surface area (Å²) in [7, 11) is 0. The molecule has 3 bridgehead atoms. The zero-order valence-electron chi connectivity index (χ0n) is 17.3. The van der Waals surface area contributed by atoms with E-state index in [0.717, 1.165) is 6.42 Å². The van der Waals surface area contributed by atoms with Gasteiger partial charge in [0.1, 0.15) is 5.60 Å². The minimum atomic E-state index is -0.906. The van der Waals surface area contributed by atoms with Crippen LogP contribution in [0, 0.1) is 22.7 Å². The molecule has 2 N–H and O–H groups in total. The number of fused-ring (bicyclic) bond motifs is 2. The van der Waals surface area contributed by atoms with Gasteiger partial charge >= 0.3 is 5.97 Å². The van der Waals surface area contributed by atoms with E-state index in [9.17, 15) is 15.0 Å². The molecule has 0 saturated heterocycles. The number of esters is 1. The highest BCUT2D eigenvalue weighted by atomic mass is 16.6. The third kappa shape index (κ3) is 3.03. The molecule has 0 aromatic carbocycles. The van der Waals surface area contributed by atoms with E-state index in [-0.39, 0.29) is 23.2 Å². The SMILES string of the molecule is C/C=C\C(C)(C(=O)OC12CC(C)CC3(O)CC(O)(CC3C1)C2)C(C)(C)C. The van der Waals surface area contributed by atoms with E-state index < -0.39 is 22.2 Å². The number of carbonyl (C=O) groups is 1. The van der Waals surface area contributed by atoms with Crippen molar-refractivity contribution in [3.63, 3.8) is 0 Å². The van der Waals surface area contributed by atoms with Crippen LogP contribution in [0.4, 0.5) is 0 Å².